The van der Waals surface area contributed by atoms with Crippen LogP contribution in [-0.4, -0.2) is 44.2 Å². The van der Waals surface area contributed by atoms with E-state index in [0.717, 1.165) is 30.9 Å². The lowest BCUT2D eigenvalue weighted by atomic mass is 10.1. The lowest BCUT2D eigenvalue weighted by Gasteiger charge is -2.18. The molecule has 3 rings (SSSR count). The number of methoxy groups -OCH3 is 1. The van der Waals surface area contributed by atoms with Gasteiger partial charge in [-0.05, 0) is 61.1 Å². The van der Waals surface area contributed by atoms with Crippen LogP contribution in [0.15, 0.2) is 72.8 Å². The van der Waals surface area contributed by atoms with Gasteiger partial charge in [0.2, 0.25) is 0 Å². The van der Waals surface area contributed by atoms with Crippen molar-refractivity contribution in [2.24, 2.45) is 0 Å². The molecule has 0 bridgehead atoms. The molecular formula is C27H32N2O4. The number of benzene rings is 3. The number of carbonyl (C=O) groups excluding carboxylic acids is 1. The molecule has 0 saturated carbocycles. The van der Waals surface area contributed by atoms with E-state index in [-0.39, 0.29) is 5.91 Å². The highest BCUT2D eigenvalue weighted by Crippen LogP contribution is 2.29. The molecule has 3 aromatic carbocycles. The van der Waals surface area contributed by atoms with E-state index in [9.17, 15) is 4.79 Å². The van der Waals surface area contributed by atoms with Crippen molar-refractivity contribution in [1.82, 2.24) is 4.90 Å². The number of carbonyl (C=O) groups is 1. The van der Waals surface area contributed by atoms with E-state index in [1.807, 2.05) is 54.6 Å². The largest absolute Gasteiger partial charge is 0.493 e. The third kappa shape index (κ3) is 7.26. The molecule has 3 aromatic rings. The van der Waals surface area contributed by atoms with E-state index >= 15 is 0 Å². The Bertz CT molecular complexity index is 1000. The second kappa shape index (κ2) is 12.5. The molecule has 0 fully saturated rings. The van der Waals surface area contributed by atoms with E-state index < -0.39 is 0 Å². The van der Waals surface area contributed by atoms with Gasteiger partial charge in [-0.3, -0.25) is 4.79 Å². The van der Waals surface area contributed by atoms with Crippen molar-refractivity contribution in [3.05, 3.63) is 83.9 Å². The van der Waals surface area contributed by atoms with Crippen LogP contribution in [-0.2, 0) is 6.61 Å². The molecule has 0 aliphatic heterocycles. The third-order valence-corrected chi connectivity index (χ3v) is 5.35. The standard InChI is InChI=1S/C27H32N2O4/c1-4-29(5-2)17-18-32-24-14-12-23(13-15-24)28-27(30)22-11-16-25(26(19-22)31-3)33-20-21-9-7-6-8-10-21/h6-16,19H,4-5,17-18,20H2,1-3H3,(H,28,30). The Morgan fingerprint density at radius 1 is 0.879 bits per heavy atom. The second-order valence-electron chi connectivity index (χ2n) is 7.49. The molecule has 174 valence electrons. The summed E-state index contributed by atoms with van der Waals surface area (Å²) in [6.07, 6.45) is 0. The van der Waals surface area contributed by atoms with Gasteiger partial charge in [0.05, 0.1) is 7.11 Å². The summed E-state index contributed by atoms with van der Waals surface area (Å²) in [5.41, 5.74) is 2.24. The predicted octanol–water partition coefficient (Wildman–Crippen LogP) is 5.25. The van der Waals surface area contributed by atoms with Gasteiger partial charge in [-0.1, -0.05) is 44.2 Å². The lowest BCUT2D eigenvalue weighted by molar-refractivity contribution is 0.102. The molecular weight excluding hydrogens is 416 g/mol. The van der Waals surface area contributed by atoms with Crippen LogP contribution in [0.2, 0.25) is 0 Å². The van der Waals surface area contributed by atoms with Crippen LogP contribution in [0.5, 0.6) is 17.2 Å². The first-order chi connectivity index (χ1) is 16.1. The summed E-state index contributed by atoms with van der Waals surface area (Å²) in [6.45, 7) is 8.24. The minimum atomic E-state index is -0.224. The molecule has 0 aliphatic rings. The zero-order valence-electron chi connectivity index (χ0n) is 19.5. The number of hydrogen-bond acceptors (Lipinski definition) is 5. The van der Waals surface area contributed by atoms with Crippen molar-refractivity contribution >= 4 is 11.6 Å². The van der Waals surface area contributed by atoms with Crippen molar-refractivity contribution in [3.8, 4) is 17.2 Å². The first kappa shape index (κ1) is 24.1. The van der Waals surface area contributed by atoms with Gasteiger partial charge in [0.1, 0.15) is 19.0 Å². The number of nitrogens with zero attached hydrogens (tertiary/aromatic N) is 1. The molecule has 0 saturated heterocycles. The molecule has 6 nitrogen and oxygen atoms in total. The topological polar surface area (TPSA) is 60.0 Å². The smallest absolute Gasteiger partial charge is 0.255 e. The number of amides is 1. The van der Waals surface area contributed by atoms with Crippen LogP contribution in [0.25, 0.3) is 0 Å². The van der Waals surface area contributed by atoms with Gasteiger partial charge < -0.3 is 24.4 Å². The normalized spacial score (nSPS) is 10.7. The van der Waals surface area contributed by atoms with Crippen LogP contribution in [0, 0.1) is 0 Å². The van der Waals surface area contributed by atoms with Crippen molar-refractivity contribution in [3.63, 3.8) is 0 Å². The molecule has 0 atom stereocenters. The van der Waals surface area contributed by atoms with Crippen LogP contribution >= 0.6 is 0 Å². The second-order valence-corrected chi connectivity index (χ2v) is 7.49. The van der Waals surface area contributed by atoms with Gasteiger partial charge in [0.15, 0.2) is 11.5 Å². The molecule has 0 radical (unpaired) electrons. The number of ether oxygens (including phenoxy) is 3. The van der Waals surface area contributed by atoms with Gasteiger partial charge >= 0.3 is 0 Å². The van der Waals surface area contributed by atoms with E-state index in [1.165, 1.54) is 0 Å². The Kier molecular flexibility index (Phi) is 9.15. The van der Waals surface area contributed by atoms with Gasteiger partial charge in [-0.25, -0.2) is 0 Å². The fourth-order valence-corrected chi connectivity index (χ4v) is 3.33. The summed E-state index contributed by atoms with van der Waals surface area (Å²) in [5, 5.41) is 2.91. The van der Waals surface area contributed by atoms with Crippen LogP contribution in [0.1, 0.15) is 29.8 Å². The third-order valence-electron chi connectivity index (χ3n) is 5.35. The number of hydrogen-bond donors (Lipinski definition) is 1. The number of likely N-dealkylation sites (N-methyl/N-ethyl adjacent to an activating group) is 1. The molecule has 1 amide bonds. The molecule has 0 aromatic heterocycles. The molecule has 0 aliphatic carbocycles. The van der Waals surface area contributed by atoms with E-state index in [0.29, 0.717) is 36.0 Å². The van der Waals surface area contributed by atoms with Crippen LogP contribution in [0.3, 0.4) is 0 Å². The average Bonchev–Trinajstić information content (AvgIpc) is 2.87. The maximum atomic E-state index is 12.7. The summed E-state index contributed by atoms with van der Waals surface area (Å²) >= 11 is 0. The minimum absolute atomic E-state index is 0.224. The summed E-state index contributed by atoms with van der Waals surface area (Å²) < 4.78 is 17.1. The maximum absolute atomic E-state index is 12.7. The van der Waals surface area contributed by atoms with Crippen molar-refractivity contribution in [2.45, 2.75) is 20.5 Å². The predicted molar refractivity (Wildman–Crippen MR) is 131 cm³/mol. The number of anilines is 1. The highest BCUT2D eigenvalue weighted by molar-refractivity contribution is 6.04. The van der Waals surface area contributed by atoms with Gasteiger partial charge in [-0.15, -0.1) is 0 Å². The van der Waals surface area contributed by atoms with Gasteiger partial charge in [0, 0.05) is 17.8 Å². The van der Waals surface area contributed by atoms with E-state index in [2.05, 4.69) is 24.1 Å². The first-order valence-corrected chi connectivity index (χ1v) is 11.2. The average molecular weight is 449 g/mol. The van der Waals surface area contributed by atoms with Crippen LogP contribution < -0.4 is 19.5 Å². The Morgan fingerprint density at radius 2 is 1.61 bits per heavy atom. The Hall–Kier alpha value is -3.51. The summed E-state index contributed by atoms with van der Waals surface area (Å²) in [7, 11) is 1.56. The Labute approximate surface area is 196 Å². The molecule has 1 N–H and O–H groups in total. The Morgan fingerprint density at radius 3 is 2.27 bits per heavy atom. The Balaban J connectivity index is 1.56. The summed E-state index contributed by atoms with van der Waals surface area (Å²) in [5.74, 6) is 1.65. The van der Waals surface area contributed by atoms with E-state index in [4.69, 9.17) is 14.2 Å². The molecule has 0 heterocycles. The van der Waals surface area contributed by atoms with Crippen LogP contribution in [0.4, 0.5) is 5.69 Å². The molecule has 0 spiro atoms. The fourth-order valence-electron chi connectivity index (χ4n) is 3.33. The molecule has 6 heteroatoms. The summed E-state index contributed by atoms with van der Waals surface area (Å²) in [6, 6.07) is 22.4. The maximum Gasteiger partial charge on any atom is 0.255 e. The highest BCUT2D eigenvalue weighted by Gasteiger charge is 2.12. The first-order valence-electron chi connectivity index (χ1n) is 11.2. The van der Waals surface area contributed by atoms with Crippen molar-refractivity contribution in [1.29, 1.82) is 0 Å². The number of rotatable bonds is 12. The van der Waals surface area contributed by atoms with E-state index in [1.54, 1.807) is 25.3 Å². The van der Waals surface area contributed by atoms with Gasteiger partial charge in [-0.2, -0.15) is 0 Å². The number of nitrogens with one attached hydrogen (secondary N) is 1. The zero-order valence-corrected chi connectivity index (χ0v) is 19.5. The van der Waals surface area contributed by atoms with Crippen molar-refractivity contribution in [2.75, 3.05) is 38.7 Å². The zero-order chi connectivity index (χ0) is 23.5. The van der Waals surface area contributed by atoms with Gasteiger partial charge in [0.25, 0.3) is 5.91 Å². The lowest BCUT2D eigenvalue weighted by Crippen LogP contribution is -2.27. The van der Waals surface area contributed by atoms with Crippen molar-refractivity contribution < 1.29 is 19.0 Å². The summed E-state index contributed by atoms with van der Waals surface area (Å²) in [4.78, 5) is 15.0. The SMILES string of the molecule is CCN(CC)CCOc1ccc(NC(=O)c2ccc(OCc3ccccc3)c(OC)c2)cc1. The minimum Gasteiger partial charge on any atom is -0.493 e. The molecule has 0 unspecified atom stereocenters. The fraction of sp³-hybridized carbons (Fsp3) is 0.296. The quantitative estimate of drug-likeness (QED) is 0.410. The highest BCUT2D eigenvalue weighted by atomic mass is 16.5. The molecule has 33 heavy (non-hydrogen) atoms. The monoisotopic (exact) mass is 448 g/mol.